The molecule has 0 radical (unpaired) electrons. The highest BCUT2D eigenvalue weighted by molar-refractivity contribution is 5.76. The zero-order chi connectivity index (χ0) is 12.3. The smallest absolute Gasteiger partial charge is 0.231 e. The molecule has 0 atom stereocenters. The molecule has 0 saturated heterocycles. The van der Waals surface area contributed by atoms with Gasteiger partial charge in [-0.3, -0.25) is 9.69 Å². The molecule has 1 amide bonds. The van der Waals surface area contributed by atoms with Crippen molar-refractivity contribution in [3.63, 3.8) is 0 Å². The number of rotatable bonds is 6. The van der Waals surface area contributed by atoms with Crippen LogP contribution in [0, 0.1) is 16.7 Å². The third-order valence-electron chi connectivity index (χ3n) is 4.15. The molecule has 17 heavy (non-hydrogen) atoms. The van der Waals surface area contributed by atoms with Crippen molar-refractivity contribution >= 4 is 5.91 Å². The van der Waals surface area contributed by atoms with E-state index >= 15 is 0 Å². The Hall–Kier alpha value is -1.08. The number of hydrogen-bond acceptors (Lipinski definition) is 3. The zero-order valence-corrected chi connectivity index (χ0v) is 10.3. The van der Waals surface area contributed by atoms with Crippen LogP contribution in [0.5, 0.6) is 0 Å². The molecule has 2 aliphatic carbocycles. The second kappa shape index (κ2) is 5.05. The second-order valence-electron chi connectivity index (χ2n) is 5.64. The predicted molar refractivity (Wildman–Crippen MR) is 64.9 cm³/mol. The Labute approximate surface area is 103 Å². The summed E-state index contributed by atoms with van der Waals surface area (Å²) < 4.78 is 0. The van der Waals surface area contributed by atoms with E-state index in [2.05, 4.69) is 11.0 Å². The van der Waals surface area contributed by atoms with Crippen molar-refractivity contribution in [3.8, 4) is 6.07 Å². The van der Waals surface area contributed by atoms with Crippen LogP contribution in [0.15, 0.2) is 0 Å². The number of nitrogens with two attached hydrogens (primary N) is 1. The molecule has 2 fully saturated rings. The first kappa shape index (κ1) is 12.4. The molecule has 2 N–H and O–H groups in total. The molecule has 0 unspecified atom stereocenters. The van der Waals surface area contributed by atoms with Gasteiger partial charge >= 0.3 is 0 Å². The number of carbonyl (C=O) groups is 1. The van der Waals surface area contributed by atoms with Gasteiger partial charge in [-0.15, -0.1) is 0 Å². The van der Waals surface area contributed by atoms with Crippen LogP contribution in [0.3, 0.4) is 0 Å². The van der Waals surface area contributed by atoms with Gasteiger partial charge in [-0.2, -0.15) is 5.26 Å². The Bertz CT molecular complexity index is 324. The number of carbonyl (C=O) groups excluding carboxylic acids is 1. The summed E-state index contributed by atoms with van der Waals surface area (Å²) >= 11 is 0. The van der Waals surface area contributed by atoms with Crippen molar-refractivity contribution in [3.05, 3.63) is 0 Å². The molecule has 2 aliphatic rings. The molecule has 2 saturated carbocycles. The van der Waals surface area contributed by atoms with Gasteiger partial charge < -0.3 is 5.73 Å². The lowest BCUT2D eigenvalue weighted by molar-refractivity contribution is -0.119. The second-order valence-corrected chi connectivity index (χ2v) is 5.64. The number of hydrogen-bond donors (Lipinski definition) is 1. The first-order valence-corrected chi connectivity index (χ1v) is 6.54. The zero-order valence-electron chi connectivity index (χ0n) is 10.3. The summed E-state index contributed by atoms with van der Waals surface area (Å²) in [5.74, 6) is -0.246. The first-order chi connectivity index (χ1) is 8.15. The van der Waals surface area contributed by atoms with E-state index in [0.29, 0.717) is 19.0 Å². The summed E-state index contributed by atoms with van der Waals surface area (Å²) in [6.45, 7) is 1.24. The summed E-state index contributed by atoms with van der Waals surface area (Å²) in [7, 11) is 0. The fraction of sp³-hybridized carbons (Fsp3) is 0.846. The fourth-order valence-corrected chi connectivity index (χ4v) is 2.95. The largest absolute Gasteiger partial charge is 0.369 e. The molecule has 0 aromatic heterocycles. The first-order valence-electron chi connectivity index (χ1n) is 6.54. The highest BCUT2D eigenvalue weighted by Crippen LogP contribution is 2.49. The Morgan fingerprint density at radius 1 is 1.41 bits per heavy atom. The van der Waals surface area contributed by atoms with Crippen molar-refractivity contribution < 1.29 is 4.79 Å². The quantitative estimate of drug-likeness (QED) is 0.756. The van der Waals surface area contributed by atoms with E-state index in [1.54, 1.807) is 0 Å². The van der Waals surface area contributed by atoms with Crippen LogP contribution < -0.4 is 5.73 Å². The van der Waals surface area contributed by atoms with Crippen LogP contribution in [0.1, 0.15) is 44.9 Å². The predicted octanol–water partition coefficient (Wildman–Crippen LogP) is 1.41. The number of amides is 1. The van der Waals surface area contributed by atoms with Gasteiger partial charge in [0.25, 0.3) is 0 Å². The Morgan fingerprint density at radius 2 is 2.06 bits per heavy atom. The molecule has 0 aromatic carbocycles. The van der Waals surface area contributed by atoms with Crippen LogP contribution >= 0.6 is 0 Å². The molecule has 0 aliphatic heterocycles. The fourth-order valence-electron chi connectivity index (χ4n) is 2.95. The molecule has 4 nitrogen and oxygen atoms in total. The molecule has 94 valence electrons. The van der Waals surface area contributed by atoms with Crippen LogP contribution in [-0.4, -0.2) is 29.9 Å². The van der Waals surface area contributed by atoms with E-state index in [4.69, 9.17) is 11.0 Å². The maximum atomic E-state index is 11.1. The van der Waals surface area contributed by atoms with E-state index < -0.39 is 0 Å². The standard InChI is InChI=1S/C13H21N3O/c14-8-7-13(5-6-13)10-16(9-12(15)17)11-3-1-2-4-11/h11H,1-7,9-10H2,(H2,15,17). The van der Waals surface area contributed by atoms with Crippen molar-refractivity contribution in [2.75, 3.05) is 13.1 Å². The topological polar surface area (TPSA) is 70.1 Å². The lowest BCUT2D eigenvalue weighted by Crippen LogP contribution is -2.43. The van der Waals surface area contributed by atoms with Crippen LogP contribution in [0.2, 0.25) is 0 Å². The Kier molecular flexibility index (Phi) is 3.68. The molecule has 2 rings (SSSR count). The van der Waals surface area contributed by atoms with Crippen LogP contribution in [0.25, 0.3) is 0 Å². The Balaban J connectivity index is 1.95. The van der Waals surface area contributed by atoms with Gasteiger partial charge in [0, 0.05) is 19.0 Å². The maximum absolute atomic E-state index is 11.1. The number of nitrogens with zero attached hydrogens (tertiary/aromatic N) is 2. The van der Waals surface area contributed by atoms with Gasteiger partial charge in [-0.1, -0.05) is 12.8 Å². The lowest BCUT2D eigenvalue weighted by Gasteiger charge is -2.30. The summed E-state index contributed by atoms with van der Waals surface area (Å²) in [5.41, 5.74) is 5.50. The monoisotopic (exact) mass is 235 g/mol. The normalized spacial score (nSPS) is 22.6. The maximum Gasteiger partial charge on any atom is 0.231 e. The molecule has 0 spiro atoms. The lowest BCUT2D eigenvalue weighted by atomic mass is 10.0. The van der Waals surface area contributed by atoms with E-state index in [1.807, 2.05) is 0 Å². The minimum Gasteiger partial charge on any atom is -0.369 e. The van der Waals surface area contributed by atoms with Gasteiger partial charge in [-0.05, 0) is 31.1 Å². The number of nitriles is 1. The van der Waals surface area contributed by atoms with E-state index in [9.17, 15) is 4.79 Å². The van der Waals surface area contributed by atoms with Crippen molar-refractivity contribution in [2.45, 2.75) is 51.0 Å². The van der Waals surface area contributed by atoms with Crippen LogP contribution in [-0.2, 0) is 4.79 Å². The SMILES string of the molecule is N#CCC1(CN(CC(N)=O)C2CCCC2)CC1. The van der Waals surface area contributed by atoms with Crippen molar-refractivity contribution in [1.82, 2.24) is 4.90 Å². The molecular formula is C13H21N3O. The van der Waals surface area contributed by atoms with Crippen molar-refractivity contribution in [1.29, 1.82) is 5.26 Å². The summed E-state index contributed by atoms with van der Waals surface area (Å²) in [6.07, 6.45) is 7.74. The molecule has 4 heteroatoms. The van der Waals surface area contributed by atoms with Gasteiger partial charge in [0.15, 0.2) is 0 Å². The molecule has 0 bridgehead atoms. The minimum absolute atomic E-state index is 0.173. The molecule has 0 heterocycles. The van der Waals surface area contributed by atoms with E-state index in [0.717, 1.165) is 19.4 Å². The average molecular weight is 235 g/mol. The summed E-state index contributed by atoms with van der Waals surface area (Å²) in [5, 5.41) is 8.84. The number of primary amides is 1. The summed E-state index contributed by atoms with van der Waals surface area (Å²) in [4.78, 5) is 13.4. The summed E-state index contributed by atoms with van der Waals surface area (Å²) in [6, 6.07) is 2.79. The Morgan fingerprint density at radius 3 is 2.53 bits per heavy atom. The highest BCUT2D eigenvalue weighted by atomic mass is 16.1. The van der Waals surface area contributed by atoms with Crippen molar-refractivity contribution in [2.24, 2.45) is 11.1 Å². The third kappa shape index (κ3) is 3.19. The molecular weight excluding hydrogens is 214 g/mol. The van der Waals surface area contributed by atoms with Gasteiger partial charge in [0.05, 0.1) is 12.6 Å². The van der Waals surface area contributed by atoms with Gasteiger partial charge in [0.2, 0.25) is 5.91 Å². The minimum atomic E-state index is -0.246. The van der Waals surface area contributed by atoms with Gasteiger partial charge in [0.1, 0.15) is 0 Å². The third-order valence-corrected chi connectivity index (χ3v) is 4.15. The van der Waals surface area contributed by atoms with Crippen LogP contribution in [0.4, 0.5) is 0 Å². The van der Waals surface area contributed by atoms with E-state index in [-0.39, 0.29) is 11.3 Å². The molecule has 0 aromatic rings. The average Bonchev–Trinajstić information content (AvgIpc) is 2.82. The van der Waals surface area contributed by atoms with E-state index in [1.165, 1.54) is 25.7 Å². The van der Waals surface area contributed by atoms with Gasteiger partial charge in [-0.25, -0.2) is 0 Å². The highest BCUT2D eigenvalue weighted by Gasteiger charge is 2.45.